The molecule has 3 N–H and O–H groups in total. The summed E-state index contributed by atoms with van der Waals surface area (Å²) in [6.45, 7) is 4.25. The zero-order chi connectivity index (χ0) is 14.5. The highest BCUT2D eigenvalue weighted by atomic mass is 79.9. The van der Waals surface area contributed by atoms with E-state index in [9.17, 15) is 4.79 Å². The van der Waals surface area contributed by atoms with Crippen molar-refractivity contribution in [3.05, 3.63) is 28.7 Å². The molecule has 0 radical (unpaired) electrons. The lowest BCUT2D eigenvalue weighted by Gasteiger charge is -2.37. The van der Waals surface area contributed by atoms with Crippen molar-refractivity contribution < 1.29 is 4.79 Å². The minimum atomic E-state index is 0. The van der Waals surface area contributed by atoms with Gasteiger partial charge in [-0.05, 0) is 49.6 Å². The number of nitrogens with two attached hydrogens (primary N) is 1. The molecule has 2 atom stereocenters. The molecule has 6 heteroatoms. The van der Waals surface area contributed by atoms with E-state index in [1.165, 1.54) is 0 Å². The lowest BCUT2D eigenvalue weighted by atomic mass is 9.92. The molecule has 21 heavy (non-hydrogen) atoms. The number of likely N-dealkylation sites (tertiary alicyclic amines) is 1. The third-order valence-corrected chi connectivity index (χ3v) is 4.38. The second-order valence-corrected chi connectivity index (χ2v) is 6.46. The predicted octanol–water partition coefficient (Wildman–Crippen LogP) is 2.87. The number of hydrogen-bond acceptors (Lipinski definition) is 3. The molecule has 1 aromatic rings. The van der Waals surface area contributed by atoms with Gasteiger partial charge in [-0.1, -0.05) is 22.9 Å². The van der Waals surface area contributed by atoms with Crippen LogP contribution in [0.25, 0.3) is 0 Å². The van der Waals surface area contributed by atoms with Crippen molar-refractivity contribution in [3.8, 4) is 0 Å². The Bertz CT molecular complexity index is 455. The van der Waals surface area contributed by atoms with Gasteiger partial charge in [-0.15, -0.1) is 12.4 Å². The molecule has 0 bridgehead atoms. The second kappa shape index (κ2) is 8.73. The Morgan fingerprint density at radius 1 is 1.43 bits per heavy atom. The summed E-state index contributed by atoms with van der Waals surface area (Å²) in [5.74, 6) is 0.731. The zero-order valence-corrected chi connectivity index (χ0v) is 14.6. The summed E-state index contributed by atoms with van der Waals surface area (Å²) in [7, 11) is 0. The van der Waals surface area contributed by atoms with Gasteiger partial charge in [-0.25, -0.2) is 0 Å². The minimum Gasteiger partial charge on any atom is -0.329 e. The molecular formula is C15H23BrClN3O. The molecule has 1 aromatic carbocycles. The maximum absolute atomic E-state index is 12.1. The van der Waals surface area contributed by atoms with E-state index in [4.69, 9.17) is 5.73 Å². The quantitative estimate of drug-likeness (QED) is 0.849. The van der Waals surface area contributed by atoms with Gasteiger partial charge in [0.15, 0.2) is 0 Å². The molecule has 1 aliphatic heterocycles. The summed E-state index contributed by atoms with van der Waals surface area (Å²) in [6, 6.07) is 7.94. The van der Waals surface area contributed by atoms with Crippen LogP contribution in [0.5, 0.6) is 0 Å². The normalized spacial score (nSPS) is 22.4. The summed E-state index contributed by atoms with van der Waals surface area (Å²) >= 11 is 3.38. The van der Waals surface area contributed by atoms with Gasteiger partial charge in [-0.2, -0.15) is 0 Å². The molecule has 1 amide bonds. The molecule has 0 aliphatic carbocycles. The lowest BCUT2D eigenvalue weighted by Crippen LogP contribution is -2.49. The summed E-state index contributed by atoms with van der Waals surface area (Å²) in [5.41, 5.74) is 6.65. The van der Waals surface area contributed by atoms with Crippen LogP contribution in [0, 0.1) is 5.92 Å². The predicted molar refractivity (Wildman–Crippen MR) is 92.8 cm³/mol. The number of nitrogens with one attached hydrogen (secondary N) is 1. The van der Waals surface area contributed by atoms with Gasteiger partial charge in [0.05, 0.1) is 6.54 Å². The van der Waals surface area contributed by atoms with Crippen LogP contribution in [0.4, 0.5) is 5.69 Å². The highest BCUT2D eigenvalue weighted by Crippen LogP contribution is 2.21. The van der Waals surface area contributed by atoms with Crippen LogP contribution in [-0.2, 0) is 4.79 Å². The number of anilines is 1. The molecule has 0 spiro atoms. The van der Waals surface area contributed by atoms with Crippen LogP contribution in [0.1, 0.15) is 19.8 Å². The van der Waals surface area contributed by atoms with E-state index in [0.717, 1.165) is 29.5 Å². The fourth-order valence-electron chi connectivity index (χ4n) is 2.67. The van der Waals surface area contributed by atoms with E-state index in [1.54, 1.807) is 0 Å². The molecule has 1 saturated heterocycles. The van der Waals surface area contributed by atoms with Gasteiger partial charge < -0.3 is 11.1 Å². The zero-order valence-electron chi connectivity index (χ0n) is 12.2. The summed E-state index contributed by atoms with van der Waals surface area (Å²) < 4.78 is 1.00. The van der Waals surface area contributed by atoms with Crippen molar-refractivity contribution in [3.63, 3.8) is 0 Å². The first-order chi connectivity index (χ1) is 9.58. The fourth-order valence-corrected chi connectivity index (χ4v) is 2.94. The van der Waals surface area contributed by atoms with Crippen molar-refractivity contribution in [1.82, 2.24) is 4.90 Å². The topological polar surface area (TPSA) is 58.4 Å². The number of nitrogens with zero attached hydrogens (tertiary/aromatic N) is 1. The number of rotatable bonds is 4. The van der Waals surface area contributed by atoms with Crippen LogP contribution in [0.3, 0.4) is 0 Å². The van der Waals surface area contributed by atoms with Crippen LogP contribution in [0.15, 0.2) is 28.7 Å². The average Bonchev–Trinajstić information content (AvgIpc) is 2.43. The summed E-state index contributed by atoms with van der Waals surface area (Å²) in [6.07, 6.45) is 2.23. The molecule has 2 unspecified atom stereocenters. The second-order valence-electron chi connectivity index (χ2n) is 5.54. The molecule has 1 fully saturated rings. The van der Waals surface area contributed by atoms with Crippen LogP contribution in [0.2, 0.25) is 0 Å². The van der Waals surface area contributed by atoms with Gasteiger partial charge in [0.2, 0.25) is 5.91 Å². The van der Waals surface area contributed by atoms with E-state index >= 15 is 0 Å². The van der Waals surface area contributed by atoms with Gasteiger partial charge in [0.25, 0.3) is 0 Å². The maximum Gasteiger partial charge on any atom is 0.238 e. The van der Waals surface area contributed by atoms with E-state index in [2.05, 4.69) is 33.1 Å². The summed E-state index contributed by atoms with van der Waals surface area (Å²) in [5, 5.41) is 2.93. The molecular weight excluding hydrogens is 354 g/mol. The third-order valence-electron chi connectivity index (χ3n) is 3.85. The standard InChI is InChI=1S/C15H22BrN3O.ClH/c1-11-6-7-19(14(8-11)9-17)10-15(20)18-13-4-2-12(16)3-5-13;/h2-5,11,14H,6-10,17H2,1H3,(H,18,20);1H. The smallest absolute Gasteiger partial charge is 0.238 e. The first kappa shape index (κ1) is 18.4. The Morgan fingerprint density at radius 3 is 2.71 bits per heavy atom. The van der Waals surface area contributed by atoms with Crippen molar-refractivity contribution >= 4 is 39.9 Å². The van der Waals surface area contributed by atoms with Crippen molar-refractivity contribution in [2.75, 3.05) is 25.0 Å². The SMILES string of the molecule is CC1CCN(CC(=O)Nc2ccc(Br)cc2)C(CN)C1.Cl. The Balaban J connectivity index is 0.00000220. The van der Waals surface area contributed by atoms with E-state index in [0.29, 0.717) is 25.0 Å². The molecule has 0 saturated carbocycles. The Kier molecular flexibility index (Phi) is 7.66. The van der Waals surface area contributed by atoms with E-state index in [-0.39, 0.29) is 18.3 Å². The molecule has 2 rings (SSSR count). The molecule has 4 nitrogen and oxygen atoms in total. The number of amides is 1. The highest BCUT2D eigenvalue weighted by molar-refractivity contribution is 9.10. The lowest BCUT2D eigenvalue weighted by molar-refractivity contribution is -0.118. The number of carbonyl (C=O) groups excluding carboxylic acids is 1. The maximum atomic E-state index is 12.1. The van der Waals surface area contributed by atoms with Gasteiger partial charge >= 0.3 is 0 Å². The van der Waals surface area contributed by atoms with Crippen LogP contribution >= 0.6 is 28.3 Å². The highest BCUT2D eigenvalue weighted by Gasteiger charge is 2.26. The monoisotopic (exact) mass is 375 g/mol. The Morgan fingerprint density at radius 2 is 2.10 bits per heavy atom. The molecule has 0 aromatic heterocycles. The van der Waals surface area contributed by atoms with Crippen molar-refractivity contribution in [2.45, 2.75) is 25.8 Å². The molecule has 1 heterocycles. The number of piperidine rings is 1. The van der Waals surface area contributed by atoms with Crippen LogP contribution in [-0.4, -0.2) is 36.5 Å². The minimum absolute atomic E-state index is 0. The van der Waals surface area contributed by atoms with Crippen molar-refractivity contribution in [2.24, 2.45) is 11.7 Å². The fraction of sp³-hybridized carbons (Fsp3) is 0.533. The average molecular weight is 377 g/mol. The third kappa shape index (κ3) is 5.58. The largest absolute Gasteiger partial charge is 0.329 e. The van der Waals surface area contributed by atoms with Crippen LogP contribution < -0.4 is 11.1 Å². The van der Waals surface area contributed by atoms with E-state index in [1.807, 2.05) is 24.3 Å². The van der Waals surface area contributed by atoms with E-state index < -0.39 is 0 Å². The molecule has 118 valence electrons. The first-order valence-electron chi connectivity index (χ1n) is 7.08. The number of carbonyl (C=O) groups is 1. The Labute approximate surface area is 141 Å². The van der Waals surface area contributed by atoms with Gasteiger partial charge in [-0.3, -0.25) is 9.69 Å². The van der Waals surface area contributed by atoms with Gasteiger partial charge in [0.1, 0.15) is 0 Å². The first-order valence-corrected chi connectivity index (χ1v) is 7.87. The number of hydrogen-bond donors (Lipinski definition) is 2. The van der Waals surface area contributed by atoms with Gasteiger partial charge in [0, 0.05) is 22.7 Å². The van der Waals surface area contributed by atoms with Crippen molar-refractivity contribution in [1.29, 1.82) is 0 Å². The number of halogens is 2. The summed E-state index contributed by atoms with van der Waals surface area (Å²) in [4.78, 5) is 14.3. The molecule has 1 aliphatic rings. The number of benzene rings is 1. The Hall–Kier alpha value is -0.620.